The highest BCUT2D eigenvalue weighted by atomic mass is 32.2. The first-order valence-electron chi connectivity index (χ1n) is 6.20. The molecule has 0 aliphatic heterocycles. The van der Waals surface area contributed by atoms with Gasteiger partial charge in [-0.1, -0.05) is 6.07 Å². The summed E-state index contributed by atoms with van der Waals surface area (Å²) < 4.78 is 60.9. The van der Waals surface area contributed by atoms with Crippen molar-refractivity contribution in [2.24, 2.45) is 5.14 Å². The Labute approximate surface area is 130 Å². The molecule has 3 N–H and O–H groups in total. The lowest BCUT2D eigenvalue weighted by molar-refractivity contribution is 0.102. The van der Waals surface area contributed by atoms with Crippen LogP contribution >= 0.6 is 0 Å². The average molecular weight is 344 g/mol. The van der Waals surface area contributed by atoms with Crippen molar-refractivity contribution in [1.29, 1.82) is 0 Å². The Kier molecular flexibility index (Phi) is 4.71. The molecular weight excluding hydrogens is 333 g/mol. The standard InChI is InChI=1S/C14H11F3N2O3S/c15-12-5-4-9(7-11(12)13(16)17)19-14(20)8-2-1-3-10(6-8)23(18,21)22/h1-7,13H,(H,19,20)(H2,18,21,22). The maximum Gasteiger partial charge on any atom is 0.266 e. The molecule has 0 aromatic heterocycles. The van der Waals surface area contributed by atoms with Gasteiger partial charge in [0.2, 0.25) is 10.0 Å². The zero-order chi connectivity index (χ0) is 17.2. The molecule has 0 fully saturated rings. The molecule has 0 aliphatic rings. The van der Waals surface area contributed by atoms with Crippen LogP contribution < -0.4 is 10.5 Å². The second-order valence-corrected chi connectivity index (χ2v) is 6.13. The Morgan fingerprint density at radius 3 is 2.43 bits per heavy atom. The lowest BCUT2D eigenvalue weighted by Gasteiger charge is -2.09. The van der Waals surface area contributed by atoms with Crippen LogP contribution in [0, 0.1) is 5.82 Å². The Hall–Kier alpha value is -2.39. The van der Waals surface area contributed by atoms with Gasteiger partial charge in [-0.3, -0.25) is 4.79 Å². The number of hydrogen-bond acceptors (Lipinski definition) is 3. The summed E-state index contributed by atoms with van der Waals surface area (Å²) in [4.78, 5) is 11.8. The van der Waals surface area contributed by atoms with Crippen LogP contribution in [-0.4, -0.2) is 14.3 Å². The highest BCUT2D eigenvalue weighted by Gasteiger charge is 2.16. The van der Waals surface area contributed by atoms with E-state index in [2.05, 4.69) is 5.32 Å². The van der Waals surface area contributed by atoms with E-state index in [1.165, 1.54) is 18.2 Å². The first-order valence-corrected chi connectivity index (χ1v) is 7.75. The topological polar surface area (TPSA) is 89.3 Å². The predicted molar refractivity (Wildman–Crippen MR) is 77.1 cm³/mol. The number of nitrogens with one attached hydrogen (secondary N) is 1. The van der Waals surface area contributed by atoms with E-state index < -0.39 is 33.7 Å². The van der Waals surface area contributed by atoms with Crippen molar-refractivity contribution in [1.82, 2.24) is 0 Å². The van der Waals surface area contributed by atoms with E-state index in [4.69, 9.17) is 5.14 Å². The molecule has 0 aliphatic carbocycles. The fourth-order valence-corrected chi connectivity index (χ4v) is 2.37. The minimum atomic E-state index is -3.98. The third-order valence-electron chi connectivity index (χ3n) is 2.91. The molecule has 1 amide bonds. The summed E-state index contributed by atoms with van der Waals surface area (Å²) >= 11 is 0. The number of amides is 1. The van der Waals surface area contributed by atoms with Crippen molar-refractivity contribution in [3.05, 3.63) is 59.4 Å². The Balaban J connectivity index is 2.28. The number of hydrogen-bond donors (Lipinski definition) is 2. The summed E-state index contributed by atoms with van der Waals surface area (Å²) in [5.41, 5.74) is -0.937. The molecular formula is C14H11F3N2O3S. The molecule has 0 spiro atoms. The summed E-state index contributed by atoms with van der Waals surface area (Å²) in [5, 5.41) is 7.25. The minimum absolute atomic E-state index is 0.0422. The van der Waals surface area contributed by atoms with E-state index in [9.17, 15) is 26.4 Å². The third kappa shape index (κ3) is 4.08. The molecule has 23 heavy (non-hydrogen) atoms. The van der Waals surface area contributed by atoms with Crippen LogP contribution in [0.2, 0.25) is 0 Å². The Morgan fingerprint density at radius 2 is 1.83 bits per heavy atom. The van der Waals surface area contributed by atoms with Crippen LogP contribution in [0.25, 0.3) is 0 Å². The molecule has 2 aromatic carbocycles. The predicted octanol–water partition coefficient (Wildman–Crippen LogP) is 2.66. The van der Waals surface area contributed by atoms with E-state index in [1.54, 1.807) is 0 Å². The quantitative estimate of drug-likeness (QED) is 0.893. The van der Waals surface area contributed by atoms with Crippen molar-refractivity contribution >= 4 is 21.6 Å². The third-order valence-corrected chi connectivity index (χ3v) is 3.82. The monoisotopic (exact) mass is 344 g/mol. The number of anilines is 1. The van der Waals surface area contributed by atoms with Gasteiger partial charge in [-0.25, -0.2) is 26.7 Å². The van der Waals surface area contributed by atoms with Gasteiger partial charge in [0, 0.05) is 11.3 Å². The van der Waals surface area contributed by atoms with E-state index in [0.717, 1.165) is 24.3 Å². The molecule has 2 aromatic rings. The van der Waals surface area contributed by atoms with Gasteiger partial charge in [-0.15, -0.1) is 0 Å². The van der Waals surface area contributed by atoms with Crippen LogP contribution in [0.3, 0.4) is 0 Å². The summed E-state index contributed by atoms with van der Waals surface area (Å²) in [6.45, 7) is 0. The highest BCUT2D eigenvalue weighted by Crippen LogP contribution is 2.25. The number of carbonyl (C=O) groups is 1. The van der Waals surface area contributed by atoms with Crippen molar-refractivity contribution in [2.45, 2.75) is 11.3 Å². The Bertz CT molecular complexity index is 854. The minimum Gasteiger partial charge on any atom is -0.322 e. The van der Waals surface area contributed by atoms with Gasteiger partial charge in [0.15, 0.2) is 0 Å². The second-order valence-electron chi connectivity index (χ2n) is 4.56. The lowest BCUT2D eigenvalue weighted by Crippen LogP contribution is -2.15. The molecule has 122 valence electrons. The largest absolute Gasteiger partial charge is 0.322 e. The van der Waals surface area contributed by atoms with Gasteiger partial charge in [0.1, 0.15) is 5.82 Å². The number of alkyl halides is 2. The number of primary sulfonamides is 1. The van der Waals surface area contributed by atoms with Gasteiger partial charge in [0.25, 0.3) is 12.3 Å². The normalized spacial score (nSPS) is 11.5. The maximum atomic E-state index is 13.2. The molecule has 0 atom stereocenters. The van der Waals surface area contributed by atoms with Crippen LogP contribution in [-0.2, 0) is 10.0 Å². The fraction of sp³-hybridized carbons (Fsp3) is 0.0714. The number of halogens is 3. The van der Waals surface area contributed by atoms with Gasteiger partial charge < -0.3 is 5.32 Å². The summed E-state index contributed by atoms with van der Waals surface area (Å²) in [6.07, 6.45) is -3.03. The van der Waals surface area contributed by atoms with E-state index >= 15 is 0 Å². The summed E-state index contributed by atoms with van der Waals surface area (Å²) in [6, 6.07) is 7.61. The molecule has 0 heterocycles. The number of rotatable bonds is 4. The van der Waals surface area contributed by atoms with Crippen LogP contribution in [0.15, 0.2) is 47.4 Å². The number of nitrogens with two attached hydrogens (primary N) is 1. The SMILES string of the molecule is NS(=O)(=O)c1cccc(C(=O)Nc2ccc(F)c(C(F)F)c2)c1. The zero-order valence-electron chi connectivity index (χ0n) is 11.5. The first kappa shape index (κ1) is 17.0. The molecule has 0 saturated carbocycles. The van der Waals surface area contributed by atoms with Crippen molar-refractivity contribution in [2.75, 3.05) is 5.32 Å². The fourth-order valence-electron chi connectivity index (χ4n) is 1.81. The Morgan fingerprint density at radius 1 is 1.13 bits per heavy atom. The second kappa shape index (κ2) is 6.39. The van der Waals surface area contributed by atoms with E-state index in [1.807, 2.05) is 0 Å². The van der Waals surface area contributed by atoms with E-state index in [-0.39, 0.29) is 16.1 Å². The lowest BCUT2D eigenvalue weighted by atomic mass is 10.1. The summed E-state index contributed by atoms with van der Waals surface area (Å²) in [7, 11) is -3.98. The average Bonchev–Trinajstić information content (AvgIpc) is 2.48. The number of benzene rings is 2. The van der Waals surface area contributed by atoms with Crippen LogP contribution in [0.1, 0.15) is 22.3 Å². The van der Waals surface area contributed by atoms with Crippen molar-refractivity contribution in [3.8, 4) is 0 Å². The molecule has 9 heteroatoms. The molecule has 0 saturated heterocycles. The molecule has 0 radical (unpaired) electrons. The number of carbonyl (C=O) groups excluding carboxylic acids is 1. The zero-order valence-corrected chi connectivity index (χ0v) is 12.3. The van der Waals surface area contributed by atoms with Crippen LogP contribution in [0.4, 0.5) is 18.9 Å². The smallest absolute Gasteiger partial charge is 0.266 e. The molecule has 2 rings (SSSR count). The van der Waals surface area contributed by atoms with Gasteiger partial charge in [0.05, 0.1) is 10.5 Å². The molecule has 0 bridgehead atoms. The van der Waals surface area contributed by atoms with Crippen LogP contribution in [0.5, 0.6) is 0 Å². The molecule has 5 nitrogen and oxygen atoms in total. The van der Waals surface area contributed by atoms with Crippen molar-refractivity contribution in [3.63, 3.8) is 0 Å². The highest BCUT2D eigenvalue weighted by molar-refractivity contribution is 7.89. The van der Waals surface area contributed by atoms with Gasteiger partial charge >= 0.3 is 0 Å². The molecule has 0 unspecified atom stereocenters. The number of sulfonamides is 1. The maximum absolute atomic E-state index is 13.2. The first-order chi connectivity index (χ1) is 10.7. The van der Waals surface area contributed by atoms with Crippen molar-refractivity contribution < 1.29 is 26.4 Å². The van der Waals surface area contributed by atoms with Gasteiger partial charge in [-0.05, 0) is 36.4 Å². The van der Waals surface area contributed by atoms with Gasteiger partial charge in [-0.2, -0.15) is 0 Å². The summed E-state index contributed by atoms with van der Waals surface area (Å²) in [5.74, 6) is -1.84. The van der Waals surface area contributed by atoms with E-state index in [0.29, 0.717) is 0 Å².